The van der Waals surface area contributed by atoms with Crippen LogP contribution in [0.2, 0.25) is 0 Å². The molecule has 1 aromatic carbocycles. The molecule has 128 valence electrons. The van der Waals surface area contributed by atoms with E-state index in [9.17, 15) is 0 Å². The summed E-state index contributed by atoms with van der Waals surface area (Å²) in [6.07, 6.45) is 3.88. The first-order valence-corrected chi connectivity index (χ1v) is 7.78. The molecule has 2 N–H and O–H groups in total. The highest BCUT2D eigenvalue weighted by molar-refractivity contribution is 6.27. The van der Waals surface area contributed by atoms with Crippen LogP contribution in [-0.2, 0) is 9.59 Å². The molecule has 0 atom stereocenters. The van der Waals surface area contributed by atoms with Gasteiger partial charge in [-0.05, 0) is 63.4 Å². The highest BCUT2D eigenvalue weighted by atomic mass is 16.5. The first kappa shape index (κ1) is 19.0. The van der Waals surface area contributed by atoms with E-state index in [0.29, 0.717) is 0 Å². The number of carboxylic acid groups (broad SMARTS) is 2. The van der Waals surface area contributed by atoms with Crippen LogP contribution in [0.3, 0.4) is 0 Å². The number of nitrogens with zero attached hydrogens (tertiary/aromatic N) is 1. The van der Waals surface area contributed by atoms with Gasteiger partial charge in [-0.2, -0.15) is 0 Å². The zero-order chi connectivity index (χ0) is 17.2. The minimum absolute atomic E-state index is 0.834. The number of carboxylic acids is 2. The number of carbonyl (C=O) groups is 2. The third kappa shape index (κ3) is 7.65. The van der Waals surface area contributed by atoms with Gasteiger partial charge in [-0.25, -0.2) is 9.59 Å². The number of benzene rings is 1. The maximum atomic E-state index is 9.10. The van der Waals surface area contributed by atoms with Crippen LogP contribution < -0.4 is 4.74 Å². The predicted octanol–water partition coefficient (Wildman–Crippen LogP) is 2.32. The molecule has 1 saturated heterocycles. The molecule has 2 rings (SSSR count). The first-order valence-electron chi connectivity index (χ1n) is 7.78. The summed E-state index contributed by atoms with van der Waals surface area (Å²) in [5, 5.41) is 14.8. The molecular weight excluding hydrogens is 298 g/mol. The molecule has 0 amide bonds. The number of aryl methyl sites for hydroxylation is 2. The standard InChI is InChI=1S/C15H23NO.C2H2O4/c1-13-6-7-14(2)15(12-13)17-11-5-10-16-8-3-4-9-16;3-1(4)2(5)6/h6-7,12H,3-5,8-11H2,1-2H3;(H,3,4)(H,5,6). The fourth-order valence-corrected chi connectivity index (χ4v) is 2.34. The summed E-state index contributed by atoms with van der Waals surface area (Å²) >= 11 is 0. The van der Waals surface area contributed by atoms with E-state index in [4.69, 9.17) is 24.5 Å². The highest BCUT2D eigenvalue weighted by Crippen LogP contribution is 2.19. The second-order valence-electron chi connectivity index (χ2n) is 5.63. The number of hydrogen-bond acceptors (Lipinski definition) is 4. The largest absolute Gasteiger partial charge is 0.493 e. The Kier molecular flexibility index (Phi) is 8.11. The number of hydrogen-bond donors (Lipinski definition) is 2. The van der Waals surface area contributed by atoms with Crippen molar-refractivity contribution in [1.82, 2.24) is 4.90 Å². The van der Waals surface area contributed by atoms with Gasteiger partial charge in [-0.15, -0.1) is 0 Å². The minimum Gasteiger partial charge on any atom is -0.493 e. The third-order valence-corrected chi connectivity index (χ3v) is 3.60. The van der Waals surface area contributed by atoms with Gasteiger partial charge in [0, 0.05) is 6.54 Å². The SMILES string of the molecule is Cc1ccc(C)c(OCCCN2CCCC2)c1.O=C(O)C(=O)O. The van der Waals surface area contributed by atoms with Gasteiger partial charge in [-0.3, -0.25) is 0 Å². The lowest BCUT2D eigenvalue weighted by Crippen LogP contribution is -2.21. The summed E-state index contributed by atoms with van der Waals surface area (Å²) in [5.74, 6) is -2.60. The molecule has 0 aromatic heterocycles. The molecule has 1 aliphatic rings. The van der Waals surface area contributed by atoms with Gasteiger partial charge >= 0.3 is 11.9 Å². The van der Waals surface area contributed by atoms with Crippen LogP contribution in [0.15, 0.2) is 18.2 Å². The van der Waals surface area contributed by atoms with Crippen LogP contribution in [0.25, 0.3) is 0 Å². The number of rotatable bonds is 5. The van der Waals surface area contributed by atoms with E-state index in [-0.39, 0.29) is 0 Å². The summed E-state index contributed by atoms with van der Waals surface area (Å²) in [7, 11) is 0. The molecule has 0 spiro atoms. The fraction of sp³-hybridized carbons (Fsp3) is 0.529. The van der Waals surface area contributed by atoms with E-state index in [2.05, 4.69) is 36.9 Å². The molecule has 6 nitrogen and oxygen atoms in total. The van der Waals surface area contributed by atoms with E-state index in [0.717, 1.165) is 18.8 Å². The van der Waals surface area contributed by atoms with Crippen molar-refractivity contribution < 1.29 is 24.5 Å². The van der Waals surface area contributed by atoms with Gasteiger partial charge in [-0.1, -0.05) is 12.1 Å². The zero-order valence-corrected chi connectivity index (χ0v) is 13.7. The summed E-state index contributed by atoms with van der Waals surface area (Å²) in [5.41, 5.74) is 2.50. The summed E-state index contributed by atoms with van der Waals surface area (Å²) in [4.78, 5) is 20.7. The second kappa shape index (κ2) is 9.84. The zero-order valence-electron chi connectivity index (χ0n) is 13.7. The maximum absolute atomic E-state index is 9.10. The van der Waals surface area contributed by atoms with Crippen molar-refractivity contribution in [3.8, 4) is 5.75 Å². The molecule has 1 aromatic rings. The van der Waals surface area contributed by atoms with Crippen molar-refractivity contribution in [1.29, 1.82) is 0 Å². The Labute approximate surface area is 136 Å². The molecule has 23 heavy (non-hydrogen) atoms. The smallest absolute Gasteiger partial charge is 0.414 e. The van der Waals surface area contributed by atoms with Crippen molar-refractivity contribution in [2.45, 2.75) is 33.1 Å². The molecular formula is C17H25NO5. The van der Waals surface area contributed by atoms with Crippen LogP contribution in [-0.4, -0.2) is 53.3 Å². The average Bonchev–Trinajstić information content (AvgIpc) is 3.01. The van der Waals surface area contributed by atoms with Crippen LogP contribution >= 0.6 is 0 Å². The van der Waals surface area contributed by atoms with Gasteiger partial charge < -0.3 is 19.8 Å². The Hall–Kier alpha value is -2.08. The monoisotopic (exact) mass is 323 g/mol. The van der Waals surface area contributed by atoms with Gasteiger partial charge in [0.25, 0.3) is 0 Å². The van der Waals surface area contributed by atoms with E-state index in [1.165, 1.54) is 43.6 Å². The quantitative estimate of drug-likeness (QED) is 0.639. The molecule has 0 saturated carbocycles. The van der Waals surface area contributed by atoms with Gasteiger partial charge in [0.2, 0.25) is 0 Å². The van der Waals surface area contributed by atoms with Crippen LogP contribution in [0, 0.1) is 13.8 Å². The Bertz CT molecular complexity index is 512. The summed E-state index contributed by atoms with van der Waals surface area (Å²) in [6.45, 7) is 8.80. The van der Waals surface area contributed by atoms with Crippen LogP contribution in [0.5, 0.6) is 5.75 Å². The lowest BCUT2D eigenvalue weighted by atomic mass is 10.1. The van der Waals surface area contributed by atoms with E-state index >= 15 is 0 Å². The lowest BCUT2D eigenvalue weighted by Gasteiger charge is -2.15. The van der Waals surface area contributed by atoms with Crippen LogP contribution in [0.1, 0.15) is 30.4 Å². The predicted molar refractivity (Wildman–Crippen MR) is 87.0 cm³/mol. The van der Waals surface area contributed by atoms with Crippen LogP contribution in [0.4, 0.5) is 0 Å². The molecule has 1 aliphatic heterocycles. The van der Waals surface area contributed by atoms with E-state index in [1.807, 2.05) is 0 Å². The third-order valence-electron chi connectivity index (χ3n) is 3.60. The lowest BCUT2D eigenvalue weighted by molar-refractivity contribution is -0.159. The maximum Gasteiger partial charge on any atom is 0.414 e. The minimum atomic E-state index is -1.82. The molecule has 1 fully saturated rings. The molecule has 0 radical (unpaired) electrons. The molecule has 0 bridgehead atoms. The van der Waals surface area contributed by atoms with Crippen molar-refractivity contribution in [2.24, 2.45) is 0 Å². The number of aliphatic carboxylic acids is 2. The average molecular weight is 323 g/mol. The number of likely N-dealkylation sites (tertiary alicyclic amines) is 1. The Morgan fingerprint density at radius 2 is 1.74 bits per heavy atom. The van der Waals surface area contributed by atoms with Gasteiger partial charge in [0.15, 0.2) is 0 Å². The Balaban J connectivity index is 0.000000379. The van der Waals surface area contributed by atoms with E-state index in [1.54, 1.807) is 0 Å². The van der Waals surface area contributed by atoms with Crippen molar-refractivity contribution in [3.05, 3.63) is 29.3 Å². The molecule has 6 heteroatoms. The summed E-state index contributed by atoms with van der Waals surface area (Å²) in [6, 6.07) is 6.39. The first-order chi connectivity index (χ1) is 10.9. The number of ether oxygens (including phenoxy) is 1. The Morgan fingerprint density at radius 3 is 2.30 bits per heavy atom. The van der Waals surface area contributed by atoms with Gasteiger partial charge in [0.1, 0.15) is 5.75 Å². The second-order valence-corrected chi connectivity index (χ2v) is 5.63. The molecule has 0 unspecified atom stereocenters. The van der Waals surface area contributed by atoms with Gasteiger partial charge in [0.05, 0.1) is 6.61 Å². The normalized spacial score (nSPS) is 14.0. The highest BCUT2D eigenvalue weighted by Gasteiger charge is 2.10. The topological polar surface area (TPSA) is 87.1 Å². The van der Waals surface area contributed by atoms with Crippen molar-refractivity contribution in [2.75, 3.05) is 26.2 Å². The Morgan fingerprint density at radius 1 is 1.13 bits per heavy atom. The fourth-order valence-electron chi connectivity index (χ4n) is 2.34. The molecule has 0 aliphatic carbocycles. The van der Waals surface area contributed by atoms with Crippen molar-refractivity contribution >= 4 is 11.9 Å². The van der Waals surface area contributed by atoms with Crippen molar-refractivity contribution in [3.63, 3.8) is 0 Å². The van der Waals surface area contributed by atoms with E-state index < -0.39 is 11.9 Å². The molecule has 1 heterocycles. The summed E-state index contributed by atoms with van der Waals surface area (Å²) < 4.78 is 5.85.